The molecule has 0 amide bonds. The van der Waals surface area contributed by atoms with E-state index in [1.165, 1.54) is 51.8 Å². The molecule has 6 aromatic rings. The van der Waals surface area contributed by atoms with Gasteiger partial charge in [0.05, 0.1) is 34.2 Å². The van der Waals surface area contributed by atoms with Gasteiger partial charge in [-0.2, -0.15) is 0 Å². The number of aromatic nitrogens is 12. The van der Waals surface area contributed by atoms with Crippen molar-refractivity contribution < 1.29 is 74.6 Å². The summed E-state index contributed by atoms with van der Waals surface area (Å²) in [7, 11) is -21.3. The predicted molar refractivity (Wildman–Crippen MR) is 173 cm³/mol. The van der Waals surface area contributed by atoms with E-state index in [0.29, 0.717) is 0 Å². The van der Waals surface area contributed by atoms with Gasteiger partial charge in [0.25, 0.3) is 0 Å². The summed E-state index contributed by atoms with van der Waals surface area (Å²) in [6, 6.07) is 10.8. The molecule has 300 valence electrons. The maximum Gasteiger partial charge on any atom is 2.00 e. The fraction of sp³-hybridized carbons (Fsp3) is 0.0741. The number of rotatable bonds is 3. The Labute approximate surface area is 314 Å². The first-order chi connectivity index (χ1) is 24.5. The van der Waals surface area contributed by atoms with Gasteiger partial charge in [-0.1, -0.05) is 0 Å². The minimum absolute atomic E-state index is 0. The zero-order chi connectivity index (χ0) is 41.1. The second-order valence-electron chi connectivity index (χ2n) is 9.39. The van der Waals surface area contributed by atoms with Gasteiger partial charge in [0.15, 0.2) is 0 Å². The normalized spacial score (nSPS) is 12.7. The molecule has 13 nitrogen and oxygen atoms in total. The molecule has 0 N–H and O–H groups in total. The molecular formula is C27H24F12N12OP2Ru. The van der Waals surface area contributed by atoms with Gasteiger partial charge >= 0.3 is 85.5 Å². The van der Waals surface area contributed by atoms with Gasteiger partial charge in [-0.3, -0.25) is 0 Å². The molecule has 0 aromatic carbocycles. The molecule has 0 bridgehead atoms. The number of hydrogen-bond acceptors (Lipinski definition) is 13. The summed E-state index contributed by atoms with van der Waals surface area (Å²) in [5.74, 6) is 0.167. The fourth-order valence-corrected chi connectivity index (χ4v) is 2.65. The number of carbonyl (C=O) groups is 1. The van der Waals surface area contributed by atoms with Crippen LogP contribution in [0.25, 0.3) is 34.2 Å². The molecule has 6 heterocycles. The van der Waals surface area contributed by atoms with Crippen LogP contribution >= 0.6 is 15.6 Å². The Morgan fingerprint density at radius 2 is 0.473 bits per heavy atom. The average Bonchev–Trinajstić information content (AvgIpc) is 3.08. The van der Waals surface area contributed by atoms with Crippen LogP contribution in [0.2, 0.25) is 0 Å². The van der Waals surface area contributed by atoms with Crippen LogP contribution in [0.3, 0.4) is 0 Å². The summed E-state index contributed by atoms with van der Waals surface area (Å²) in [5.41, 5.74) is 4.87. The molecule has 0 aliphatic carbocycles. The number of ketones is 1. The van der Waals surface area contributed by atoms with Crippen molar-refractivity contribution in [3.05, 3.63) is 112 Å². The van der Waals surface area contributed by atoms with Crippen molar-refractivity contribution in [1.29, 1.82) is 0 Å². The largest absolute Gasteiger partial charge is 2.00 e. The summed E-state index contributed by atoms with van der Waals surface area (Å²) in [4.78, 5) is 56.6. The van der Waals surface area contributed by atoms with E-state index in [1.807, 2.05) is 36.4 Å². The Balaban J connectivity index is 0.000000657. The van der Waals surface area contributed by atoms with E-state index in [-0.39, 0.29) is 25.3 Å². The van der Waals surface area contributed by atoms with Gasteiger partial charge in [-0.05, 0) is 50.2 Å². The second-order valence-corrected chi connectivity index (χ2v) is 13.2. The summed E-state index contributed by atoms with van der Waals surface area (Å²) in [6.45, 7) is 3.06. The van der Waals surface area contributed by atoms with Gasteiger partial charge in [-0.25, -0.2) is 59.8 Å². The third kappa shape index (κ3) is 35.6. The molecule has 0 aliphatic rings. The molecule has 0 unspecified atom stereocenters. The van der Waals surface area contributed by atoms with Crippen molar-refractivity contribution in [2.24, 2.45) is 0 Å². The van der Waals surface area contributed by atoms with Gasteiger partial charge < -0.3 is 4.79 Å². The first-order valence-electron chi connectivity index (χ1n) is 13.7. The number of halogens is 12. The fourth-order valence-electron chi connectivity index (χ4n) is 2.65. The molecule has 6 rings (SSSR count). The van der Waals surface area contributed by atoms with Crippen molar-refractivity contribution >= 4 is 21.4 Å². The van der Waals surface area contributed by atoms with Crippen molar-refractivity contribution in [3.63, 3.8) is 0 Å². The monoisotopic (exact) mass is 924 g/mol. The maximum atomic E-state index is 9.87. The molecule has 55 heavy (non-hydrogen) atoms. The van der Waals surface area contributed by atoms with Crippen LogP contribution < -0.4 is 0 Å². The second kappa shape index (κ2) is 19.4. The molecule has 0 fully saturated rings. The van der Waals surface area contributed by atoms with Crippen LogP contribution in [0.15, 0.2) is 112 Å². The Morgan fingerprint density at radius 3 is 0.545 bits per heavy atom. The van der Waals surface area contributed by atoms with Gasteiger partial charge in [0.2, 0.25) is 0 Å². The van der Waals surface area contributed by atoms with E-state index in [0.717, 1.165) is 34.2 Å². The van der Waals surface area contributed by atoms with Gasteiger partial charge in [0.1, 0.15) is 43.7 Å². The molecule has 6 aromatic heterocycles. The van der Waals surface area contributed by atoms with Crippen LogP contribution in [0.5, 0.6) is 0 Å². The van der Waals surface area contributed by atoms with Crippen LogP contribution in [0, 0.1) is 0 Å². The van der Waals surface area contributed by atoms with E-state index in [9.17, 15) is 55.2 Å². The van der Waals surface area contributed by atoms with Crippen LogP contribution in [0.4, 0.5) is 50.4 Å². The van der Waals surface area contributed by atoms with Crippen molar-refractivity contribution in [2.75, 3.05) is 0 Å². The van der Waals surface area contributed by atoms with Gasteiger partial charge in [0, 0.05) is 37.2 Å². The van der Waals surface area contributed by atoms with Crippen LogP contribution in [-0.4, -0.2) is 65.6 Å². The average molecular weight is 924 g/mol. The molecule has 0 spiro atoms. The molecule has 0 saturated carbocycles. The van der Waals surface area contributed by atoms with E-state index >= 15 is 0 Å². The Kier molecular flexibility index (Phi) is 17.6. The SMILES string of the molecule is CC(C)=O.F[P-](F)(F)(F)(F)F.F[P-](F)(F)(F)(F)F.[Ru+2].c1cc(-c2ccncn2)ncn1.c1cc(-c2ccncn2)ncn1.c1cc(-c2ccncn2)ncn1. The molecule has 0 aliphatic heterocycles. The number of carbonyl (C=O) groups excluding carboxylic acids is 1. The first-order valence-corrected chi connectivity index (χ1v) is 17.8. The minimum atomic E-state index is -10.7. The summed E-state index contributed by atoms with van der Waals surface area (Å²) >= 11 is 0. The van der Waals surface area contributed by atoms with Crippen molar-refractivity contribution in [3.8, 4) is 34.2 Å². The van der Waals surface area contributed by atoms with Crippen LogP contribution in [-0.2, 0) is 24.3 Å². The summed E-state index contributed by atoms with van der Waals surface area (Å²) < 4.78 is 118. The minimum Gasteiger partial charge on any atom is -0.245 e. The zero-order valence-electron chi connectivity index (χ0n) is 27.5. The van der Waals surface area contributed by atoms with Crippen molar-refractivity contribution in [2.45, 2.75) is 13.8 Å². The van der Waals surface area contributed by atoms with E-state index in [2.05, 4.69) is 59.8 Å². The van der Waals surface area contributed by atoms with E-state index in [1.54, 1.807) is 37.2 Å². The standard InChI is InChI=1S/3C8H6N4.C3H6O.2F6P.Ru/c3*1-3-9-5-11-7(1)8-2-4-10-6-12-8;1-3(2)4;2*1-7(2,3,4,5)6;/h3*1-6H;1-2H3;;;/q;;;;2*-1;+2. The molecule has 28 heteroatoms. The smallest absolute Gasteiger partial charge is 0.245 e. The molecular weight excluding hydrogens is 899 g/mol. The van der Waals surface area contributed by atoms with Crippen LogP contribution in [0.1, 0.15) is 13.8 Å². The van der Waals surface area contributed by atoms with Crippen molar-refractivity contribution in [1.82, 2.24) is 59.8 Å². The maximum absolute atomic E-state index is 10.7. The topological polar surface area (TPSA) is 172 Å². The molecule has 0 saturated heterocycles. The van der Waals surface area contributed by atoms with E-state index < -0.39 is 15.6 Å². The van der Waals surface area contributed by atoms with E-state index in [4.69, 9.17) is 0 Å². The first kappa shape index (κ1) is 49.8. The number of Topliss-reactive ketones (excluding diaryl/α,β-unsaturated/α-hetero) is 1. The summed E-state index contributed by atoms with van der Waals surface area (Å²) in [6.07, 6.45) is 19.1. The van der Waals surface area contributed by atoms with Gasteiger partial charge in [-0.15, -0.1) is 0 Å². The molecule has 0 atom stereocenters. The quantitative estimate of drug-likeness (QED) is 0.0934. The number of nitrogens with zero attached hydrogens (tertiary/aromatic N) is 12. The third-order valence-corrected chi connectivity index (χ3v) is 4.28. The predicted octanol–water partition coefficient (Wildman–Crippen LogP) is 10.2. The zero-order valence-corrected chi connectivity index (χ0v) is 31.0. The number of hydrogen-bond donors (Lipinski definition) is 0. The Morgan fingerprint density at radius 1 is 0.364 bits per heavy atom. The molecule has 0 radical (unpaired) electrons. The third-order valence-electron chi connectivity index (χ3n) is 4.28. The Bertz CT molecular complexity index is 1630. The summed E-state index contributed by atoms with van der Waals surface area (Å²) in [5, 5.41) is 0. The Hall–Kier alpha value is -5.21.